The molecule has 0 atom stereocenters. The number of aromatic nitrogens is 4. The molecule has 0 fully saturated rings. The lowest BCUT2D eigenvalue weighted by atomic mass is 10.1. The maximum absolute atomic E-state index is 12.5. The van der Waals surface area contributed by atoms with E-state index in [0.29, 0.717) is 23.8 Å². The highest BCUT2D eigenvalue weighted by Crippen LogP contribution is 2.19. The van der Waals surface area contributed by atoms with Gasteiger partial charge in [0.05, 0.1) is 0 Å². The first kappa shape index (κ1) is 13.4. The topological polar surface area (TPSA) is 55.1 Å². The fourth-order valence-corrected chi connectivity index (χ4v) is 1.96. The van der Waals surface area contributed by atoms with Crippen molar-refractivity contribution >= 4 is 11.5 Å². The Kier molecular flexibility index (Phi) is 3.47. The molecule has 2 aromatic heterocycles. The summed E-state index contributed by atoms with van der Waals surface area (Å²) in [6.45, 7) is 2.32. The third-order valence-electron chi connectivity index (χ3n) is 3.12. The molecule has 1 aromatic carbocycles. The smallest absolute Gasteiger partial charge is 0.263 e. The van der Waals surface area contributed by atoms with E-state index in [1.54, 1.807) is 22.7 Å². The first-order valence-corrected chi connectivity index (χ1v) is 6.43. The van der Waals surface area contributed by atoms with Crippen molar-refractivity contribution in [2.75, 3.05) is 5.32 Å². The maximum Gasteiger partial charge on any atom is 0.263 e. The van der Waals surface area contributed by atoms with E-state index in [-0.39, 0.29) is 5.56 Å². The minimum Gasteiger partial charge on any atom is -0.365 e. The van der Waals surface area contributed by atoms with Crippen molar-refractivity contribution in [3.05, 3.63) is 53.3 Å². The Labute approximate surface area is 119 Å². The number of hydrogen-bond acceptors (Lipinski definition) is 4. The number of hydrogen-bond donors (Lipinski definition) is 1. The Balaban J connectivity index is 1.72. The summed E-state index contributed by atoms with van der Waals surface area (Å²) in [7, 11) is 0. The summed E-state index contributed by atoms with van der Waals surface area (Å²) in [5, 5.41) is 15.4. The number of halogens is 2. The van der Waals surface area contributed by atoms with Crippen molar-refractivity contribution in [1.29, 1.82) is 0 Å². The van der Waals surface area contributed by atoms with E-state index >= 15 is 0 Å². The van der Waals surface area contributed by atoms with Gasteiger partial charge in [0.25, 0.3) is 6.43 Å². The van der Waals surface area contributed by atoms with Gasteiger partial charge >= 0.3 is 0 Å². The van der Waals surface area contributed by atoms with Crippen LogP contribution in [0.25, 0.3) is 5.65 Å². The molecular formula is C14H13F2N5. The van der Waals surface area contributed by atoms with Crippen molar-refractivity contribution in [2.24, 2.45) is 0 Å². The molecule has 0 aliphatic carbocycles. The largest absolute Gasteiger partial charge is 0.365 e. The SMILES string of the molecule is Cc1nnc2ccc(NCc3ccc(C(F)F)cc3)nn12. The highest BCUT2D eigenvalue weighted by molar-refractivity contribution is 5.44. The molecule has 5 nitrogen and oxygen atoms in total. The minimum absolute atomic E-state index is 0.0263. The fourth-order valence-electron chi connectivity index (χ4n) is 1.96. The number of aryl methyl sites for hydroxylation is 1. The van der Waals surface area contributed by atoms with Crippen LogP contribution in [0, 0.1) is 6.92 Å². The highest BCUT2D eigenvalue weighted by atomic mass is 19.3. The summed E-state index contributed by atoms with van der Waals surface area (Å²) in [6, 6.07) is 9.84. The molecule has 0 unspecified atom stereocenters. The van der Waals surface area contributed by atoms with Crippen LogP contribution in [0.2, 0.25) is 0 Å². The predicted molar refractivity (Wildman–Crippen MR) is 74.2 cm³/mol. The van der Waals surface area contributed by atoms with Crippen LogP contribution in [-0.4, -0.2) is 19.8 Å². The highest BCUT2D eigenvalue weighted by Gasteiger charge is 2.06. The molecule has 21 heavy (non-hydrogen) atoms. The van der Waals surface area contributed by atoms with Crippen LogP contribution in [0.1, 0.15) is 23.4 Å². The van der Waals surface area contributed by atoms with Gasteiger partial charge in [-0.15, -0.1) is 15.3 Å². The summed E-state index contributed by atoms with van der Waals surface area (Å²) in [5.41, 5.74) is 1.61. The Bertz CT molecular complexity index is 752. The van der Waals surface area contributed by atoms with Gasteiger partial charge in [-0.25, -0.2) is 8.78 Å². The molecule has 3 rings (SSSR count). The standard InChI is InChI=1S/C14H13F2N5/c1-9-18-19-13-7-6-12(20-21(9)13)17-8-10-2-4-11(5-3-10)14(15)16/h2-7,14H,8H2,1H3,(H,17,20). The summed E-state index contributed by atoms with van der Waals surface area (Å²) in [5.74, 6) is 1.37. The molecule has 0 aliphatic heterocycles. The Hall–Kier alpha value is -2.57. The first-order valence-electron chi connectivity index (χ1n) is 6.43. The summed E-state index contributed by atoms with van der Waals surface area (Å²) in [6.07, 6.45) is -2.44. The zero-order valence-corrected chi connectivity index (χ0v) is 11.3. The van der Waals surface area contributed by atoms with Gasteiger partial charge in [-0.2, -0.15) is 4.52 Å². The fraction of sp³-hybridized carbons (Fsp3) is 0.214. The van der Waals surface area contributed by atoms with Crippen molar-refractivity contribution in [1.82, 2.24) is 19.8 Å². The van der Waals surface area contributed by atoms with Gasteiger partial charge in [-0.3, -0.25) is 0 Å². The molecule has 3 aromatic rings. The lowest BCUT2D eigenvalue weighted by molar-refractivity contribution is 0.151. The second-order valence-corrected chi connectivity index (χ2v) is 4.63. The average Bonchev–Trinajstić information content (AvgIpc) is 2.87. The van der Waals surface area contributed by atoms with E-state index < -0.39 is 6.43 Å². The lowest BCUT2D eigenvalue weighted by Gasteiger charge is -2.07. The van der Waals surface area contributed by atoms with Gasteiger partial charge in [0.1, 0.15) is 5.82 Å². The van der Waals surface area contributed by atoms with E-state index in [0.717, 1.165) is 5.56 Å². The third kappa shape index (κ3) is 2.81. The molecule has 2 heterocycles. The number of alkyl halides is 2. The van der Waals surface area contributed by atoms with Gasteiger partial charge in [-0.05, 0) is 24.6 Å². The number of nitrogens with zero attached hydrogens (tertiary/aromatic N) is 4. The second kappa shape index (κ2) is 5.43. The van der Waals surface area contributed by atoms with Crippen LogP contribution in [0.5, 0.6) is 0 Å². The Morgan fingerprint density at radius 3 is 2.57 bits per heavy atom. The number of fused-ring (bicyclic) bond motifs is 1. The number of rotatable bonds is 4. The number of nitrogens with one attached hydrogen (secondary N) is 1. The van der Waals surface area contributed by atoms with Crippen molar-refractivity contribution in [2.45, 2.75) is 19.9 Å². The Morgan fingerprint density at radius 1 is 1.10 bits per heavy atom. The van der Waals surface area contributed by atoms with Crippen molar-refractivity contribution in [3.8, 4) is 0 Å². The van der Waals surface area contributed by atoms with Gasteiger partial charge in [0, 0.05) is 12.1 Å². The van der Waals surface area contributed by atoms with Gasteiger partial charge < -0.3 is 5.32 Å². The number of anilines is 1. The molecule has 108 valence electrons. The van der Waals surface area contributed by atoms with Crippen molar-refractivity contribution < 1.29 is 8.78 Å². The second-order valence-electron chi connectivity index (χ2n) is 4.63. The van der Waals surface area contributed by atoms with Gasteiger partial charge in [-0.1, -0.05) is 24.3 Å². The number of benzene rings is 1. The van der Waals surface area contributed by atoms with Crippen molar-refractivity contribution in [3.63, 3.8) is 0 Å². The van der Waals surface area contributed by atoms with E-state index in [1.807, 2.05) is 13.0 Å². The first-order chi connectivity index (χ1) is 10.1. The van der Waals surface area contributed by atoms with Crippen LogP contribution in [0.4, 0.5) is 14.6 Å². The van der Waals surface area contributed by atoms with E-state index in [4.69, 9.17) is 0 Å². The molecule has 0 saturated carbocycles. The van der Waals surface area contributed by atoms with Gasteiger partial charge in [0.2, 0.25) is 0 Å². The monoisotopic (exact) mass is 289 g/mol. The molecule has 0 radical (unpaired) electrons. The lowest BCUT2D eigenvalue weighted by Crippen LogP contribution is -2.04. The molecule has 0 spiro atoms. The van der Waals surface area contributed by atoms with E-state index in [9.17, 15) is 8.78 Å². The predicted octanol–water partition coefficient (Wildman–Crippen LogP) is 2.98. The van der Waals surface area contributed by atoms with E-state index in [2.05, 4.69) is 20.6 Å². The van der Waals surface area contributed by atoms with Crippen LogP contribution < -0.4 is 5.32 Å². The molecule has 0 bridgehead atoms. The maximum atomic E-state index is 12.5. The Morgan fingerprint density at radius 2 is 1.86 bits per heavy atom. The minimum atomic E-state index is -2.44. The van der Waals surface area contributed by atoms with Gasteiger partial charge in [0.15, 0.2) is 11.5 Å². The summed E-state index contributed by atoms with van der Waals surface area (Å²) >= 11 is 0. The normalized spacial score (nSPS) is 11.2. The summed E-state index contributed by atoms with van der Waals surface area (Å²) < 4.78 is 26.6. The zero-order valence-electron chi connectivity index (χ0n) is 11.3. The molecule has 0 saturated heterocycles. The molecule has 7 heteroatoms. The third-order valence-corrected chi connectivity index (χ3v) is 3.12. The average molecular weight is 289 g/mol. The zero-order chi connectivity index (χ0) is 14.8. The molecular weight excluding hydrogens is 276 g/mol. The molecule has 0 aliphatic rings. The molecule has 0 amide bonds. The van der Waals surface area contributed by atoms with Crippen LogP contribution >= 0.6 is 0 Å². The quantitative estimate of drug-likeness (QED) is 0.802. The van der Waals surface area contributed by atoms with E-state index in [1.165, 1.54) is 12.1 Å². The summed E-state index contributed by atoms with van der Waals surface area (Å²) in [4.78, 5) is 0. The van der Waals surface area contributed by atoms with Crippen LogP contribution in [0.15, 0.2) is 36.4 Å². The van der Waals surface area contributed by atoms with Crippen LogP contribution in [-0.2, 0) is 6.54 Å². The van der Waals surface area contributed by atoms with Crippen LogP contribution in [0.3, 0.4) is 0 Å². The molecule has 1 N–H and O–H groups in total.